The summed E-state index contributed by atoms with van der Waals surface area (Å²) in [5.41, 5.74) is 9.27. The smallest absolute Gasteiger partial charge is 0.207 e. The number of amides is 1. The lowest BCUT2D eigenvalue weighted by Crippen LogP contribution is -2.10. The van der Waals surface area contributed by atoms with Crippen LogP contribution in [0.4, 0.5) is 5.82 Å². The fourth-order valence-electron chi connectivity index (χ4n) is 2.76. The molecular weight excluding hydrogens is 308 g/mol. The van der Waals surface area contributed by atoms with Gasteiger partial charge in [-0.2, -0.15) is 10.4 Å². The SMILES string of the molecule is N#Cc1c(-c2ccc(CNC=O)c3[nH]ccc23)nn(CCO)c1N. The number of nitriles is 1. The van der Waals surface area contributed by atoms with Gasteiger partial charge in [0.25, 0.3) is 0 Å². The molecule has 8 heteroatoms. The lowest BCUT2D eigenvalue weighted by atomic mass is 10.0. The Morgan fingerprint density at radius 2 is 2.29 bits per heavy atom. The van der Waals surface area contributed by atoms with Gasteiger partial charge in [-0.15, -0.1) is 0 Å². The second-order valence-corrected chi connectivity index (χ2v) is 5.20. The van der Waals surface area contributed by atoms with Crippen molar-refractivity contribution in [2.45, 2.75) is 13.1 Å². The summed E-state index contributed by atoms with van der Waals surface area (Å²) in [6.45, 7) is 0.497. The van der Waals surface area contributed by atoms with Crippen LogP contribution in [-0.4, -0.2) is 32.9 Å². The van der Waals surface area contributed by atoms with Crippen molar-refractivity contribution in [2.24, 2.45) is 0 Å². The van der Waals surface area contributed by atoms with Crippen LogP contribution in [0.25, 0.3) is 22.2 Å². The van der Waals surface area contributed by atoms with Crippen LogP contribution in [0.5, 0.6) is 0 Å². The second kappa shape index (κ2) is 6.44. The number of nitrogen functional groups attached to an aromatic ring is 1. The molecule has 0 aliphatic carbocycles. The molecular formula is C16H16N6O2. The summed E-state index contributed by atoms with van der Waals surface area (Å²) < 4.78 is 1.42. The van der Waals surface area contributed by atoms with E-state index in [1.807, 2.05) is 18.2 Å². The number of hydrogen-bond donors (Lipinski definition) is 4. The zero-order valence-corrected chi connectivity index (χ0v) is 12.8. The number of hydrogen-bond acceptors (Lipinski definition) is 5. The maximum Gasteiger partial charge on any atom is 0.207 e. The predicted octanol–water partition coefficient (Wildman–Crippen LogP) is 0.724. The van der Waals surface area contributed by atoms with Gasteiger partial charge in [0.05, 0.1) is 18.7 Å². The summed E-state index contributed by atoms with van der Waals surface area (Å²) in [6.07, 6.45) is 2.44. The van der Waals surface area contributed by atoms with Crippen molar-refractivity contribution in [1.29, 1.82) is 5.26 Å². The molecule has 0 radical (unpaired) electrons. The standard InChI is InChI=1S/C16H16N6O2/c17-7-13-15(21-22(5-6-23)16(13)18)11-2-1-10(8-19-9-24)14-12(11)3-4-20-14/h1-4,9,20,23H,5-6,8,18H2,(H,19,24). The van der Waals surface area contributed by atoms with E-state index >= 15 is 0 Å². The predicted molar refractivity (Wildman–Crippen MR) is 88.6 cm³/mol. The molecule has 2 heterocycles. The van der Waals surface area contributed by atoms with E-state index in [1.165, 1.54) is 4.68 Å². The molecule has 24 heavy (non-hydrogen) atoms. The van der Waals surface area contributed by atoms with E-state index in [0.29, 0.717) is 18.6 Å². The molecule has 5 N–H and O–H groups in total. The fourth-order valence-corrected chi connectivity index (χ4v) is 2.76. The molecule has 1 amide bonds. The zero-order valence-electron chi connectivity index (χ0n) is 12.8. The van der Waals surface area contributed by atoms with Gasteiger partial charge >= 0.3 is 0 Å². The minimum Gasteiger partial charge on any atom is -0.394 e. The molecule has 0 fully saturated rings. The highest BCUT2D eigenvalue weighted by molar-refractivity contribution is 5.97. The van der Waals surface area contributed by atoms with Crippen molar-refractivity contribution in [3.8, 4) is 17.3 Å². The highest BCUT2D eigenvalue weighted by atomic mass is 16.3. The molecule has 0 atom stereocenters. The van der Waals surface area contributed by atoms with Crippen LogP contribution >= 0.6 is 0 Å². The summed E-state index contributed by atoms with van der Waals surface area (Å²) in [5.74, 6) is 0.233. The van der Waals surface area contributed by atoms with Gasteiger partial charge in [-0.25, -0.2) is 4.68 Å². The Balaban J connectivity index is 2.17. The highest BCUT2D eigenvalue weighted by Gasteiger charge is 2.19. The zero-order chi connectivity index (χ0) is 17.1. The van der Waals surface area contributed by atoms with Gasteiger partial charge < -0.3 is 21.1 Å². The number of carbonyl (C=O) groups excluding carboxylic acids is 1. The first-order chi connectivity index (χ1) is 11.7. The number of rotatable bonds is 6. The van der Waals surface area contributed by atoms with E-state index in [1.54, 1.807) is 6.20 Å². The summed E-state index contributed by atoms with van der Waals surface area (Å²) in [7, 11) is 0. The lowest BCUT2D eigenvalue weighted by Gasteiger charge is -2.06. The molecule has 0 aliphatic rings. The number of aromatic nitrogens is 3. The largest absolute Gasteiger partial charge is 0.394 e. The molecule has 0 spiro atoms. The second-order valence-electron chi connectivity index (χ2n) is 5.20. The minimum atomic E-state index is -0.119. The minimum absolute atomic E-state index is 0.119. The third-order valence-electron chi connectivity index (χ3n) is 3.86. The fraction of sp³-hybridized carbons (Fsp3) is 0.188. The van der Waals surface area contributed by atoms with Gasteiger partial charge in [0.15, 0.2) is 0 Å². The Morgan fingerprint density at radius 3 is 3.00 bits per heavy atom. The Labute approximate surface area is 137 Å². The maximum absolute atomic E-state index is 10.5. The molecule has 122 valence electrons. The molecule has 0 bridgehead atoms. The summed E-state index contributed by atoms with van der Waals surface area (Å²) in [6, 6.07) is 7.69. The average Bonchev–Trinajstić information content (AvgIpc) is 3.19. The van der Waals surface area contributed by atoms with Gasteiger partial charge in [-0.05, 0) is 11.6 Å². The first-order valence-corrected chi connectivity index (χ1v) is 7.34. The topological polar surface area (TPSA) is 133 Å². The van der Waals surface area contributed by atoms with Gasteiger partial charge in [0.1, 0.15) is 23.1 Å². The Morgan fingerprint density at radius 1 is 1.46 bits per heavy atom. The van der Waals surface area contributed by atoms with Crippen molar-refractivity contribution >= 4 is 23.1 Å². The van der Waals surface area contributed by atoms with Crippen molar-refractivity contribution < 1.29 is 9.90 Å². The van der Waals surface area contributed by atoms with Gasteiger partial charge in [-0.1, -0.05) is 12.1 Å². The van der Waals surface area contributed by atoms with Crippen LogP contribution in [0.1, 0.15) is 11.1 Å². The van der Waals surface area contributed by atoms with E-state index in [4.69, 9.17) is 10.8 Å². The molecule has 0 aliphatic heterocycles. The number of nitrogens with two attached hydrogens (primary N) is 1. The molecule has 2 aromatic heterocycles. The Hall–Kier alpha value is -3.31. The average molecular weight is 324 g/mol. The maximum atomic E-state index is 10.5. The van der Waals surface area contributed by atoms with E-state index in [9.17, 15) is 10.1 Å². The van der Waals surface area contributed by atoms with Crippen molar-refractivity contribution in [1.82, 2.24) is 20.1 Å². The summed E-state index contributed by atoms with van der Waals surface area (Å²) in [4.78, 5) is 13.7. The third kappa shape index (κ3) is 2.47. The molecule has 0 saturated heterocycles. The van der Waals surface area contributed by atoms with Crippen LogP contribution in [0.2, 0.25) is 0 Å². The lowest BCUT2D eigenvalue weighted by molar-refractivity contribution is -0.109. The number of aliphatic hydroxyl groups excluding tert-OH is 1. The van der Waals surface area contributed by atoms with Gasteiger partial charge in [0, 0.05) is 23.7 Å². The van der Waals surface area contributed by atoms with E-state index in [-0.39, 0.29) is 24.5 Å². The number of anilines is 1. The van der Waals surface area contributed by atoms with E-state index < -0.39 is 0 Å². The number of benzene rings is 1. The molecule has 0 saturated carbocycles. The molecule has 0 unspecified atom stereocenters. The van der Waals surface area contributed by atoms with Crippen molar-refractivity contribution in [3.05, 3.63) is 35.5 Å². The van der Waals surface area contributed by atoms with Gasteiger partial charge in [-0.3, -0.25) is 4.79 Å². The first kappa shape index (κ1) is 15.6. The Kier molecular flexibility index (Phi) is 4.18. The number of nitrogens with zero attached hydrogens (tertiary/aromatic N) is 3. The number of aliphatic hydroxyl groups is 1. The van der Waals surface area contributed by atoms with Crippen molar-refractivity contribution in [2.75, 3.05) is 12.3 Å². The van der Waals surface area contributed by atoms with Crippen LogP contribution in [-0.2, 0) is 17.9 Å². The third-order valence-corrected chi connectivity index (χ3v) is 3.86. The van der Waals surface area contributed by atoms with E-state index in [0.717, 1.165) is 22.0 Å². The number of H-pyrrole nitrogens is 1. The van der Waals surface area contributed by atoms with Crippen LogP contribution in [0.15, 0.2) is 24.4 Å². The number of fused-ring (bicyclic) bond motifs is 1. The molecule has 8 nitrogen and oxygen atoms in total. The Bertz CT molecular complexity index is 934. The summed E-state index contributed by atoms with van der Waals surface area (Å²) >= 11 is 0. The van der Waals surface area contributed by atoms with Crippen LogP contribution in [0, 0.1) is 11.3 Å². The molecule has 1 aromatic carbocycles. The van der Waals surface area contributed by atoms with E-state index in [2.05, 4.69) is 21.5 Å². The number of nitrogens with one attached hydrogen (secondary N) is 2. The van der Waals surface area contributed by atoms with Crippen LogP contribution in [0.3, 0.4) is 0 Å². The number of aromatic amines is 1. The molecule has 3 aromatic rings. The monoisotopic (exact) mass is 324 g/mol. The quantitative estimate of drug-likeness (QED) is 0.496. The number of carbonyl (C=O) groups is 1. The first-order valence-electron chi connectivity index (χ1n) is 7.34. The normalized spacial score (nSPS) is 10.7. The van der Waals surface area contributed by atoms with Gasteiger partial charge in [0.2, 0.25) is 6.41 Å². The molecule has 3 rings (SSSR count). The highest BCUT2D eigenvalue weighted by Crippen LogP contribution is 2.33. The van der Waals surface area contributed by atoms with Crippen molar-refractivity contribution in [3.63, 3.8) is 0 Å². The van der Waals surface area contributed by atoms with Crippen LogP contribution < -0.4 is 11.1 Å². The summed E-state index contributed by atoms with van der Waals surface area (Å²) in [5, 5.41) is 26.4.